The fourth-order valence-corrected chi connectivity index (χ4v) is 5.39. The molecule has 2 fully saturated rings. The van der Waals surface area contributed by atoms with Gasteiger partial charge in [-0.1, -0.05) is 25.0 Å². The van der Waals surface area contributed by atoms with E-state index in [0.29, 0.717) is 19.3 Å². The lowest BCUT2D eigenvalue weighted by molar-refractivity contribution is -0.318. The molecule has 2 aliphatic heterocycles. The van der Waals surface area contributed by atoms with E-state index in [9.17, 15) is 35.7 Å². The van der Waals surface area contributed by atoms with Gasteiger partial charge < -0.3 is 54.7 Å². The van der Waals surface area contributed by atoms with Crippen molar-refractivity contribution in [3.63, 3.8) is 0 Å². The minimum Gasteiger partial charge on any atom is -0.394 e. The molecule has 11 atom stereocenters. The zero-order valence-electron chi connectivity index (χ0n) is 20.9. The van der Waals surface area contributed by atoms with E-state index in [1.54, 1.807) is 0 Å². The number of aliphatic hydroxyl groups excluding tert-OH is 7. The minimum absolute atomic E-state index is 0.124. The third-order valence-electron chi connectivity index (χ3n) is 7.38. The molecule has 3 rings (SSSR count). The fraction of sp³-hybridized carbons (Fsp3) is 0.917. The van der Waals surface area contributed by atoms with Crippen molar-refractivity contribution in [2.24, 2.45) is 5.41 Å². The Hall–Kier alpha value is -0.700. The average Bonchev–Trinajstić information content (AvgIpc) is 3.05. The van der Waals surface area contributed by atoms with Gasteiger partial charge in [-0.3, -0.25) is 0 Å². The van der Waals surface area contributed by atoms with Gasteiger partial charge in [0.25, 0.3) is 0 Å². The van der Waals surface area contributed by atoms with Crippen LogP contribution in [0, 0.1) is 5.41 Å². The molecule has 0 aromatic carbocycles. The molecule has 0 bridgehead atoms. The molecule has 0 aromatic rings. The van der Waals surface area contributed by atoms with Gasteiger partial charge >= 0.3 is 0 Å². The van der Waals surface area contributed by atoms with Crippen molar-refractivity contribution in [3.05, 3.63) is 11.1 Å². The Bertz CT molecular complexity index is 728. The second kappa shape index (κ2) is 11.8. The van der Waals surface area contributed by atoms with E-state index in [4.69, 9.17) is 18.9 Å². The molecule has 11 heteroatoms. The van der Waals surface area contributed by atoms with Crippen LogP contribution in [0.3, 0.4) is 0 Å². The average molecular weight is 507 g/mol. The van der Waals surface area contributed by atoms with Crippen LogP contribution in [0.5, 0.6) is 0 Å². The molecular weight excluding hydrogens is 464 g/mol. The van der Waals surface area contributed by atoms with Crippen molar-refractivity contribution in [3.8, 4) is 0 Å². The first-order valence-electron chi connectivity index (χ1n) is 12.3. The molecule has 0 saturated carbocycles. The smallest absolute Gasteiger partial charge is 0.186 e. The summed E-state index contributed by atoms with van der Waals surface area (Å²) in [4.78, 5) is 0. The molecule has 0 amide bonds. The third kappa shape index (κ3) is 6.60. The first kappa shape index (κ1) is 28.9. The number of rotatable bonds is 9. The van der Waals surface area contributed by atoms with Crippen molar-refractivity contribution in [2.75, 3.05) is 13.2 Å². The standard InChI is InChI=1S/C24H42O11/c1-11-7-13(26)8-24(3,4)14(11)6-5-12(2)33-23-21(31)19(29)18(28)16(35-23)10-32-22-20(30)17(27)15(9-25)34-22/h12-13,15-23,25-31H,5-10H2,1-4H3/t12-,13+,15+,16-,17+,18-,19+,20-,21-,22-,23-/m1/s1. The van der Waals surface area contributed by atoms with E-state index in [-0.39, 0.29) is 24.2 Å². The van der Waals surface area contributed by atoms with Crippen LogP contribution >= 0.6 is 0 Å². The highest BCUT2D eigenvalue weighted by Gasteiger charge is 2.47. The van der Waals surface area contributed by atoms with Crippen LogP contribution in [0.1, 0.15) is 53.4 Å². The third-order valence-corrected chi connectivity index (χ3v) is 7.38. The van der Waals surface area contributed by atoms with Gasteiger partial charge in [-0.2, -0.15) is 0 Å². The Kier molecular flexibility index (Phi) is 9.72. The van der Waals surface area contributed by atoms with Gasteiger partial charge in [0.05, 0.1) is 25.4 Å². The highest BCUT2D eigenvalue weighted by atomic mass is 16.7. The maximum atomic E-state index is 10.4. The van der Waals surface area contributed by atoms with Crippen molar-refractivity contribution in [1.82, 2.24) is 0 Å². The lowest BCUT2D eigenvalue weighted by Gasteiger charge is -2.41. The molecular formula is C24H42O11. The van der Waals surface area contributed by atoms with E-state index >= 15 is 0 Å². The number of hydrogen-bond acceptors (Lipinski definition) is 11. The summed E-state index contributed by atoms with van der Waals surface area (Å²) in [5.74, 6) is 0. The van der Waals surface area contributed by atoms with Crippen molar-refractivity contribution in [2.45, 2.75) is 121 Å². The normalized spacial score (nSPS) is 42.9. The Balaban J connectivity index is 1.55. The van der Waals surface area contributed by atoms with Crippen LogP contribution in [-0.2, 0) is 18.9 Å². The predicted octanol–water partition coefficient (Wildman–Crippen LogP) is -1.07. The Morgan fingerprint density at radius 1 is 0.914 bits per heavy atom. The summed E-state index contributed by atoms with van der Waals surface area (Å²) >= 11 is 0. The van der Waals surface area contributed by atoms with Gasteiger partial charge in [0.1, 0.15) is 42.7 Å². The van der Waals surface area contributed by atoms with Crippen LogP contribution in [0.25, 0.3) is 0 Å². The Labute approximate surface area is 205 Å². The Morgan fingerprint density at radius 2 is 1.51 bits per heavy atom. The molecule has 1 aliphatic carbocycles. The largest absolute Gasteiger partial charge is 0.394 e. The predicted molar refractivity (Wildman–Crippen MR) is 122 cm³/mol. The summed E-state index contributed by atoms with van der Waals surface area (Å²) in [5, 5.41) is 70.2. The summed E-state index contributed by atoms with van der Waals surface area (Å²) in [7, 11) is 0. The van der Waals surface area contributed by atoms with E-state index in [1.165, 1.54) is 11.1 Å². The van der Waals surface area contributed by atoms with Crippen LogP contribution < -0.4 is 0 Å². The lowest BCUT2D eigenvalue weighted by Crippen LogP contribution is -2.60. The van der Waals surface area contributed by atoms with Crippen molar-refractivity contribution in [1.29, 1.82) is 0 Å². The van der Waals surface area contributed by atoms with Gasteiger partial charge in [-0.25, -0.2) is 0 Å². The number of hydrogen-bond donors (Lipinski definition) is 7. The number of ether oxygens (including phenoxy) is 4. The zero-order chi connectivity index (χ0) is 26.1. The van der Waals surface area contributed by atoms with Gasteiger partial charge in [-0.05, 0) is 44.9 Å². The molecule has 2 heterocycles. The Morgan fingerprint density at radius 3 is 2.11 bits per heavy atom. The summed E-state index contributed by atoms with van der Waals surface area (Å²) in [5.41, 5.74) is 2.33. The van der Waals surface area contributed by atoms with Crippen LogP contribution in [0.2, 0.25) is 0 Å². The van der Waals surface area contributed by atoms with E-state index in [0.717, 1.165) is 6.42 Å². The molecule has 0 spiro atoms. The zero-order valence-corrected chi connectivity index (χ0v) is 20.9. The maximum absolute atomic E-state index is 10.4. The van der Waals surface area contributed by atoms with E-state index in [1.807, 2.05) is 13.8 Å². The second-order valence-corrected chi connectivity index (χ2v) is 10.7. The fourth-order valence-electron chi connectivity index (χ4n) is 5.39. The minimum atomic E-state index is -1.55. The van der Waals surface area contributed by atoms with Crippen LogP contribution in [0.15, 0.2) is 11.1 Å². The molecule has 204 valence electrons. The molecule has 2 saturated heterocycles. The quantitative estimate of drug-likeness (QED) is 0.189. The van der Waals surface area contributed by atoms with Gasteiger partial charge in [0, 0.05) is 0 Å². The number of aliphatic hydroxyl groups is 7. The highest BCUT2D eigenvalue weighted by Crippen LogP contribution is 2.42. The summed E-state index contributed by atoms with van der Waals surface area (Å²) in [6.07, 6.45) is -9.81. The van der Waals surface area contributed by atoms with Gasteiger partial charge in [0.15, 0.2) is 12.6 Å². The molecule has 0 aromatic heterocycles. The molecule has 0 unspecified atom stereocenters. The summed E-state index contributed by atoms with van der Waals surface area (Å²) < 4.78 is 22.3. The van der Waals surface area contributed by atoms with Crippen molar-refractivity contribution < 1.29 is 54.7 Å². The van der Waals surface area contributed by atoms with Crippen LogP contribution in [0.4, 0.5) is 0 Å². The molecule has 0 radical (unpaired) electrons. The van der Waals surface area contributed by atoms with Gasteiger partial charge in [0.2, 0.25) is 0 Å². The SMILES string of the molecule is CC1=C(CC[C@@H](C)O[C@@H]2O[C@H](CO[C@@H]3O[C@@H](CO)[C@H](O)[C@H]3O)[C@@H](O)[C@H](O)[C@H]2O)C(C)(C)C[C@@H](O)C1. The summed E-state index contributed by atoms with van der Waals surface area (Å²) in [6, 6.07) is 0. The number of allylic oxidation sites excluding steroid dienone is 1. The second-order valence-electron chi connectivity index (χ2n) is 10.7. The molecule has 11 nitrogen and oxygen atoms in total. The summed E-state index contributed by atoms with van der Waals surface area (Å²) in [6.45, 7) is 7.26. The first-order valence-corrected chi connectivity index (χ1v) is 12.3. The highest BCUT2D eigenvalue weighted by molar-refractivity contribution is 5.24. The van der Waals surface area contributed by atoms with E-state index in [2.05, 4.69) is 13.8 Å². The van der Waals surface area contributed by atoms with Crippen LogP contribution in [-0.4, -0.2) is 116 Å². The maximum Gasteiger partial charge on any atom is 0.186 e. The molecule has 35 heavy (non-hydrogen) atoms. The molecule has 3 aliphatic rings. The first-order chi connectivity index (χ1) is 16.4. The monoisotopic (exact) mass is 506 g/mol. The molecule has 7 N–H and O–H groups in total. The lowest BCUT2D eigenvalue weighted by atomic mass is 9.70. The topological polar surface area (TPSA) is 179 Å². The van der Waals surface area contributed by atoms with Gasteiger partial charge in [-0.15, -0.1) is 0 Å². The van der Waals surface area contributed by atoms with Crippen molar-refractivity contribution >= 4 is 0 Å². The van der Waals surface area contributed by atoms with E-state index < -0.39 is 61.9 Å².